The fourth-order valence-electron chi connectivity index (χ4n) is 2.73. The monoisotopic (exact) mass is 369 g/mol. The van der Waals surface area contributed by atoms with Gasteiger partial charge < -0.3 is 14.8 Å². The molecule has 0 saturated heterocycles. The van der Waals surface area contributed by atoms with Crippen LogP contribution in [-0.2, 0) is 9.53 Å². The highest BCUT2D eigenvalue weighted by Gasteiger charge is 2.20. The average molecular weight is 369 g/mol. The van der Waals surface area contributed by atoms with Crippen LogP contribution in [0.4, 0.5) is 0 Å². The first kappa shape index (κ1) is 20.5. The number of hydrogen-bond donors (Lipinski definition) is 1. The molecule has 1 amide bonds. The molecule has 0 aliphatic heterocycles. The van der Waals surface area contributed by atoms with Crippen molar-refractivity contribution in [2.75, 3.05) is 13.2 Å². The topological polar surface area (TPSA) is 64.6 Å². The standard InChI is InChI=1S/C22H27NO4/c1-4-17(18-9-7-6-8-10-18)15-23-21(24)16(3)27-22(25)19-11-13-20(14-12-19)26-5-2/h6-14,16-17H,4-5,15H2,1-3H3,(H,23,24)/t16-,17+/m1/s1. The second kappa shape index (κ2) is 10.4. The highest BCUT2D eigenvalue weighted by atomic mass is 16.5. The maximum Gasteiger partial charge on any atom is 0.338 e. The Balaban J connectivity index is 1.86. The molecule has 0 heterocycles. The van der Waals surface area contributed by atoms with Gasteiger partial charge in [0.15, 0.2) is 6.10 Å². The molecule has 1 N–H and O–H groups in total. The Morgan fingerprint density at radius 3 is 2.26 bits per heavy atom. The number of esters is 1. The minimum atomic E-state index is -0.864. The quantitative estimate of drug-likeness (QED) is 0.680. The van der Waals surface area contributed by atoms with Gasteiger partial charge >= 0.3 is 5.97 Å². The van der Waals surface area contributed by atoms with Crippen LogP contribution >= 0.6 is 0 Å². The molecule has 0 radical (unpaired) electrons. The Labute approximate surface area is 160 Å². The lowest BCUT2D eigenvalue weighted by Crippen LogP contribution is -2.38. The molecular formula is C22H27NO4. The molecule has 27 heavy (non-hydrogen) atoms. The van der Waals surface area contributed by atoms with Gasteiger partial charge in [0.1, 0.15) is 5.75 Å². The minimum Gasteiger partial charge on any atom is -0.494 e. The third-order valence-electron chi connectivity index (χ3n) is 4.34. The smallest absolute Gasteiger partial charge is 0.338 e. The molecule has 5 heteroatoms. The highest BCUT2D eigenvalue weighted by Crippen LogP contribution is 2.18. The molecule has 0 saturated carbocycles. The van der Waals surface area contributed by atoms with Crippen LogP contribution in [0.25, 0.3) is 0 Å². The van der Waals surface area contributed by atoms with E-state index in [0.29, 0.717) is 24.5 Å². The molecule has 2 aromatic carbocycles. The maximum absolute atomic E-state index is 12.3. The molecule has 0 spiro atoms. The second-order valence-corrected chi connectivity index (χ2v) is 6.27. The van der Waals surface area contributed by atoms with E-state index in [4.69, 9.17) is 9.47 Å². The summed E-state index contributed by atoms with van der Waals surface area (Å²) < 4.78 is 10.6. The zero-order valence-electron chi connectivity index (χ0n) is 16.1. The molecule has 0 aromatic heterocycles. The number of nitrogens with one attached hydrogen (secondary N) is 1. The van der Waals surface area contributed by atoms with E-state index in [2.05, 4.69) is 24.4 Å². The Hall–Kier alpha value is -2.82. The van der Waals surface area contributed by atoms with Crippen LogP contribution in [0.3, 0.4) is 0 Å². The fraction of sp³-hybridized carbons (Fsp3) is 0.364. The van der Waals surface area contributed by atoms with Crippen molar-refractivity contribution in [1.82, 2.24) is 5.32 Å². The summed E-state index contributed by atoms with van der Waals surface area (Å²) in [6, 6.07) is 16.7. The first-order valence-corrected chi connectivity index (χ1v) is 9.31. The van der Waals surface area contributed by atoms with Crippen molar-refractivity contribution in [3.63, 3.8) is 0 Å². The van der Waals surface area contributed by atoms with Crippen LogP contribution in [0, 0.1) is 0 Å². The molecule has 144 valence electrons. The number of hydrogen-bond acceptors (Lipinski definition) is 4. The van der Waals surface area contributed by atoms with E-state index in [0.717, 1.165) is 6.42 Å². The van der Waals surface area contributed by atoms with Crippen molar-refractivity contribution < 1.29 is 19.1 Å². The van der Waals surface area contributed by atoms with Gasteiger partial charge in [-0.1, -0.05) is 37.3 Å². The number of rotatable bonds is 9. The van der Waals surface area contributed by atoms with Gasteiger partial charge in [0, 0.05) is 12.5 Å². The van der Waals surface area contributed by atoms with Gasteiger partial charge in [-0.15, -0.1) is 0 Å². The van der Waals surface area contributed by atoms with E-state index in [1.165, 1.54) is 5.56 Å². The van der Waals surface area contributed by atoms with E-state index in [1.54, 1.807) is 31.2 Å². The van der Waals surface area contributed by atoms with Crippen LogP contribution in [0.1, 0.15) is 49.0 Å². The summed E-state index contributed by atoms with van der Waals surface area (Å²) in [5, 5.41) is 2.88. The summed E-state index contributed by atoms with van der Waals surface area (Å²) >= 11 is 0. The predicted molar refractivity (Wildman–Crippen MR) is 105 cm³/mol. The van der Waals surface area contributed by atoms with Gasteiger partial charge in [-0.25, -0.2) is 4.79 Å². The predicted octanol–water partition coefficient (Wildman–Crippen LogP) is 3.94. The first-order valence-electron chi connectivity index (χ1n) is 9.31. The zero-order valence-corrected chi connectivity index (χ0v) is 16.1. The first-order chi connectivity index (χ1) is 13.0. The Morgan fingerprint density at radius 2 is 1.67 bits per heavy atom. The van der Waals surface area contributed by atoms with E-state index in [-0.39, 0.29) is 11.8 Å². The summed E-state index contributed by atoms with van der Waals surface area (Å²) in [7, 11) is 0. The summed E-state index contributed by atoms with van der Waals surface area (Å²) in [6.07, 6.45) is 0.0438. The normalized spacial score (nSPS) is 12.7. The Morgan fingerprint density at radius 1 is 1.00 bits per heavy atom. The molecule has 0 aliphatic carbocycles. The number of amides is 1. The lowest BCUT2D eigenvalue weighted by atomic mass is 9.96. The van der Waals surface area contributed by atoms with Crippen LogP contribution < -0.4 is 10.1 Å². The van der Waals surface area contributed by atoms with Gasteiger partial charge in [-0.05, 0) is 50.1 Å². The molecular weight excluding hydrogens is 342 g/mol. The van der Waals surface area contributed by atoms with Crippen LogP contribution in [0.2, 0.25) is 0 Å². The van der Waals surface area contributed by atoms with E-state index < -0.39 is 12.1 Å². The Kier molecular flexibility index (Phi) is 7.86. The molecule has 0 bridgehead atoms. The summed E-state index contributed by atoms with van der Waals surface area (Å²) in [4.78, 5) is 24.5. The van der Waals surface area contributed by atoms with Crippen LogP contribution in [0.15, 0.2) is 54.6 Å². The molecule has 0 aliphatic rings. The van der Waals surface area contributed by atoms with E-state index in [9.17, 15) is 9.59 Å². The van der Waals surface area contributed by atoms with Crippen LogP contribution in [-0.4, -0.2) is 31.1 Å². The van der Waals surface area contributed by atoms with Crippen molar-refractivity contribution in [2.45, 2.75) is 39.2 Å². The largest absolute Gasteiger partial charge is 0.494 e. The van der Waals surface area contributed by atoms with Crippen molar-refractivity contribution in [1.29, 1.82) is 0 Å². The minimum absolute atomic E-state index is 0.226. The second-order valence-electron chi connectivity index (χ2n) is 6.27. The van der Waals surface area contributed by atoms with E-state index >= 15 is 0 Å². The summed E-state index contributed by atoms with van der Waals surface area (Å²) in [6.45, 7) is 6.61. The molecule has 0 unspecified atom stereocenters. The van der Waals surface area contributed by atoms with Gasteiger partial charge in [-0.2, -0.15) is 0 Å². The molecule has 2 aromatic rings. The summed E-state index contributed by atoms with van der Waals surface area (Å²) in [5.74, 6) is 0.0787. The highest BCUT2D eigenvalue weighted by molar-refractivity contribution is 5.92. The fourth-order valence-corrected chi connectivity index (χ4v) is 2.73. The number of carbonyl (C=O) groups is 2. The third-order valence-corrected chi connectivity index (χ3v) is 4.34. The van der Waals surface area contributed by atoms with Gasteiger partial charge in [-0.3, -0.25) is 4.79 Å². The molecule has 0 fully saturated rings. The lowest BCUT2D eigenvalue weighted by molar-refractivity contribution is -0.129. The third kappa shape index (κ3) is 6.13. The van der Waals surface area contributed by atoms with Crippen molar-refractivity contribution >= 4 is 11.9 Å². The average Bonchev–Trinajstić information content (AvgIpc) is 2.69. The van der Waals surface area contributed by atoms with Gasteiger partial charge in [0.2, 0.25) is 0 Å². The molecule has 2 atom stereocenters. The molecule has 5 nitrogen and oxygen atoms in total. The van der Waals surface area contributed by atoms with E-state index in [1.807, 2.05) is 25.1 Å². The number of carbonyl (C=O) groups excluding carboxylic acids is 2. The SMILES string of the molecule is CCOc1ccc(C(=O)O[C@H](C)C(=O)NC[C@H](CC)c2ccccc2)cc1. The molecule has 2 rings (SSSR count). The van der Waals surface area contributed by atoms with Crippen LogP contribution in [0.5, 0.6) is 5.75 Å². The van der Waals surface area contributed by atoms with Crippen molar-refractivity contribution in [2.24, 2.45) is 0 Å². The lowest BCUT2D eigenvalue weighted by Gasteiger charge is -2.18. The van der Waals surface area contributed by atoms with Gasteiger partial charge in [0.25, 0.3) is 5.91 Å². The summed E-state index contributed by atoms with van der Waals surface area (Å²) in [5.41, 5.74) is 1.56. The van der Waals surface area contributed by atoms with Crippen molar-refractivity contribution in [3.8, 4) is 5.75 Å². The Bertz CT molecular complexity index is 728. The zero-order chi connectivity index (χ0) is 19.6. The maximum atomic E-state index is 12.3. The van der Waals surface area contributed by atoms with Gasteiger partial charge in [0.05, 0.1) is 12.2 Å². The van der Waals surface area contributed by atoms with Crippen molar-refractivity contribution in [3.05, 3.63) is 65.7 Å². The number of benzene rings is 2. The number of ether oxygens (including phenoxy) is 2.